The molecule has 3 N–H and O–H groups in total. The second kappa shape index (κ2) is 4.28. The molecule has 0 saturated heterocycles. The molecule has 1 aromatic carbocycles. The van der Waals surface area contributed by atoms with Crippen molar-refractivity contribution in [1.82, 2.24) is 9.59 Å². The normalized spacial score (nSPS) is 10.1. The van der Waals surface area contributed by atoms with Gasteiger partial charge in [0.25, 0.3) is 5.91 Å². The van der Waals surface area contributed by atoms with Gasteiger partial charge in [0.05, 0.1) is 11.4 Å². The van der Waals surface area contributed by atoms with Gasteiger partial charge in [-0.05, 0) is 30.1 Å². The molecule has 2 aromatic rings. The van der Waals surface area contributed by atoms with Crippen LogP contribution in [0.5, 0.6) is 0 Å². The van der Waals surface area contributed by atoms with Crippen LogP contribution >= 0.6 is 11.5 Å². The van der Waals surface area contributed by atoms with Crippen molar-refractivity contribution >= 4 is 28.8 Å². The molecule has 0 aliphatic rings. The third-order valence-corrected chi connectivity index (χ3v) is 2.64. The number of aryl methyl sites for hydroxylation is 1. The molecule has 0 atom stereocenters. The number of hydrogen-bond donors (Lipinski definition) is 2. The number of benzene rings is 1. The van der Waals surface area contributed by atoms with Gasteiger partial charge in [0.15, 0.2) is 5.69 Å². The van der Waals surface area contributed by atoms with Gasteiger partial charge in [-0.3, -0.25) is 4.79 Å². The van der Waals surface area contributed by atoms with Crippen molar-refractivity contribution in [3.8, 4) is 0 Å². The number of carbonyl (C=O) groups is 1. The van der Waals surface area contributed by atoms with E-state index >= 15 is 0 Å². The highest BCUT2D eigenvalue weighted by atomic mass is 32.1. The van der Waals surface area contributed by atoms with Crippen LogP contribution in [0.3, 0.4) is 0 Å². The molecule has 0 saturated carbocycles. The lowest BCUT2D eigenvalue weighted by Gasteiger charge is -2.09. The predicted octanol–water partition coefficient (Wildman–Crippen LogP) is 1.68. The zero-order valence-electron chi connectivity index (χ0n) is 8.60. The largest absolute Gasteiger partial charge is 0.397 e. The molecule has 0 bridgehead atoms. The summed E-state index contributed by atoms with van der Waals surface area (Å²) in [6.45, 7) is 1.88. The van der Waals surface area contributed by atoms with Crippen molar-refractivity contribution in [1.29, 1.82) is 0 Å². The minimum atomic E-state index is -0.297. The number of nitrogens with zero attached hydrogens (tertiary/aromatic N) is 2. The highest BCUT2D eigenvalue weighted by Gasteiger charge is 2.11. The fraction of sp³-hybridized carbons (Fsp3) is 0.100. The molecule has 0 spiro atoms. The number of nitrogen functional groups attached to an aromatic ring is 1. The molecule has 0 aliphatic heterocycles. The van der Waals surface area contributed by atoms with E-state index in [0.29, 0.717) is 17.1 Å². The Morgan fingerprint density at radius 3 is 2.94 bits per heavy atom. The van der Waals surface area contributed by atoms with Crippen molar-refractivity contribution in [2.24, 2.45) is 0 Å². The summed E-state index contributed by atoms with van der Waals surface area (Å²) < 4.78 is 3.63. The Morgan fingerprint density at radius 1 is 1.50 bits per heavy atom. The fourth-order valence-electron chi connectivity index (χ4n) is 1.30. The SMILES string of the molecule is Cc1cccc(N)c1NC(=O)c1csnn1. The van der Waals surface area contributed by atoms with E-state index in [1.165, 1.54) is 0 Å². The quantitative estimate of drug-likeness (QED) is 0.775. The van der Waals surface area contributed by atoms with E-state index in [4.69, 9.17) is 5.73 Å². The Hall–Kier alpha value is -1.95. The van der Waals surface area contributed by atoms with Gasteiger partial charge in [-0.2, -0.15) is 0 Å². The minimum absolute atomic E-state index is 0.297. The van der Waals surface area contributed by atoms with E-state index in [1.807, 2.05) is 19.1 Å². The van der Waals surface area contributed by atoms with E-state index in [2.05, 4.69) is 14.9 Å². The maximum atomic E-state index is 11.7. The van der Waals surface area contributed by atoms with Crippen LogP contribution in [0.25, 0.3) is 0 Å². The molecule has 0 fully saturated rings. The lowest BCUT2D eigenvalue weighted by molar-refractivity contribution is 0.102. The highest BCUT2D eigenvalue weighted by Crippen LogP contribution is 2.22. The number of aromatic nitrogens is 2. The number of rotatable bonds is 2. The lowest BCUT2D eigenvalue weighted by atomic mass is 10.1. The molecule has 0 radical (unpaired) electrons. The first kappa shape index (κ1) is 10.6. The van der Waals surface area contributed by atoms with E-state index in [-0.39, 0.29) is 5.91 Å². The highest BCUT2D eigenvalue weighted by molar-refractivity contribution is 7.03. The van der Waals surface area contributed by atoms with Crippen LogP contribution in [0.15, 0.2) is 23.6 Å². The van der Waals surface area contributed by atoms with Gasteiger partial charge >= 0.3 is 0 Å². The number of hydrogen-bond acceptors (Lipinski definition) is 5. The molecule has 82 valence electrons. The van der Waals surface area contributed by atoms with Crippen LogP contribution in [0.1, 0.15) is 16.1 Å². The van der Waals surface area contributed by atoms with Gasteiger partial charge in [-0.25, -0.2) is 0 Å². The number of nitrogens with one attached hydrogen (secondary N) is 1. The van der Waals surface area contributed by atoms with Crippen LogP contribution in [-0.4, -0.2) is 15.5 Å². The third kappa shape index (κ3) is 2.01. The molecule has 6 heteroatoms. The van der Waals surface area contributed by atoms with Gasteiger partial charge in [-0.15, -0.1) is 5.10 Å². The smallest absolute Gasteiger partial charge is 0.277 e. The van der Waals surface area contributed by atoms with Crippen molar-refractivity contribution in [3.63, 3.8) is 0 Å². The number of para-hydroxylation sites is 1. The zero-order chi connectivity index (χ0) is 11.5. The van der Waals surface area contributed by atoms with Crippen LogP contribution in [0, 0.1) is 6.92 Å². The molecular formula is C10H10N4OS. The van der Waals surface area contributed by atoms with Crippen LogP contribution in [0.2, 0.25) is 0 Å². The van der Waals surface area contributed by atoms with E-state index < -0.39 is 0 Å². The number of anilines is 2. The summed E-state index contributed by atoms with van der Waals surface area (Å²) in [6.07, 6.45) is 0. The average molecular weight is 234 g/mol. The molecule has 5 nitrogen and oxygen atoms in total. The van der Waals surface area contributed by atoms with Gasteiger partial charge in [-0.1, -0.05) is 16.6 Å². The predicted molar refractivity (Wildman–Crippen MR) is 63.5 cm³/mol. The molecule has 2 rings (SSSR count). The summed E-state index contributed by atoms with van der Waals surface area (Å²) in [5, 5.41) is 8.00. The van der Waals surface area contributed by atoms with Gasteiger partial charge in [0.1, 0.15) is 0 Å². The summed E-state index contributed by atoms with van der Waals surface area (Å²) >= 11 is 1.13. The van der Waals surface area contributed by atoms with E-state index in [0.717, 1.165) is 17.1 Å². The first-order valence-electron chi connectivity index (χ1n) is 4.62. The number of carbonyl (C=O) groups excluding carboxylic acids is 1. The Kier molecular flexibility index (Phi) is 2.82. The van der Waals surface area contributed by atoms with E-state index in [1.54, 1.807) is 11.4 Å². The summed E-state index contributed by atoms with van der Waals surface area (Å²) in [5.41, 5.74) is 8.15. The van der Waals surface area contributed by atoms with Crippen molar-refractivity contribution < 1.29 is 4.79 Å². The Morgan fingerprint density at radius 2 is 2.31 bits per heavy atom. The number of nitrogens with two attached hydrogens (primary N) is 1. The zero-order valence-corrected chi connectivity index (χ0v) is 9.41. The molecule has 16 heavy (non-hydrogen) atoms. The third-order valence-electron chi connectivity index (χ3n) is 2.14. The summed E-state index contributed by atoms with van der Waals surface area (Å²) in [5.74, 6) is -0.297. The lowest BCUT2D eigenvalue weighted by Crippen LogP contribution is -2.14. The average Bonchev–Trinajstić information content (AvgIpc) is 2.76. The Bertz CT molecular complexity index is 489. The first-order valence-corrected chi connectivity index (χ1v) is 5.45. The maximum absolute atomic E-state index is 11.7. The summed E-state index contributed by atoms with van der Waals surface area (Å²) in [4.78, 5) is 11.7. The molecule has 1 heterocycles. The molecule has 1 amide bonds. The van der Waals surface area contributed by atoms with Gasteiger partial charge < -0.3 is 11.1 Å². The van der Waals surface area contributed by atoms with Crippen molar-refractivity contribution in [2.45, 2.75) is 6.92 Å². The van der Waals surface area contributed by atoms with Gasteiger partial charge in [0, 0.05) is 5.38 Å². The Labute approximate surface area is 96.5 Å². The second-order valence-electron chi connectivity index (χ2n) is 3.28. The van der Waals surface area contributed by atoms with Crippen LogP contribution < -0.4 is 11.1 Å². The topological polar surface area (TPSA) is 80.9 Å². The minimum Gasteiger partial charge on any atom is -0.397 e. The molecule has 0 unspecified atom stereocenters. The van der Waals surface area contributed by atoms with E-state index in [9.17, 15) is 4.79 Å². The standard InChI is InChI=1S/C10H10N4OS/c1-6-3-2-4-7(11)9(6)12-10(15)8-5-16-14-13-8/h2-5H,11H2,1H3,(H,12,15). The maximum Gasteiger partial charge on any atom is 0.277 e. The molecule has 1 aromatic heterocycles. The molecular weight excluding hydrogens is 224 g/mol. The van der Waals surface area contributed by atoms with Crippen molar-refractivity contribution in [3.05, 3.63) is 34.8 Å². The monoisotopic (exact) mass is 234 g/mol. The first-order chi connectivity index (χ1) is 7.68. The van der Waals surface area contributed by atoms with Crippen LogP contribution in [-0.2, 0) is 0 Å². The summed E-state index contributed by atoms with van der Waals surface area (Å²) in [7, 11) is 0. The Balaban J connectivity index is 2.25. The molecule has 0 aliphatic carbocycles. The van der Waals surface area contributed by atoms with Gasteiger partial charge in [0.2, 0.25) is 0 Å². The second-order valence-corrected chi connectivity index (χ2v) is 3.89. The van der Waals surface area contributed by atoms with Crippen LogP contribution in [0.4, 0.5) is 11.4 Å². The summed E-state index contributed by atoms with van der Waals surface area (Å²) in [6, 6.07) is 5.46. The fourth-order valence-corrected chi connectivity index (χ4v) is 1.74. The number of amides is 1. The van der Waals surface area contributed by atoms with Crippen molar-refractivity contribution in [2.75, 3.05) is 11.1 Å².